The maximum atomic E-state index is 13.2. The second-order valence-electron chi connectivity index (χ2n) is 7.33. The van der Waals surface area contributed by atoms with Gasteiger partial charge in [0.05, 0.1) is 6.42 Å². The normalized spacial score (nSPS) is 15.1. The molecule has 0 atom stereocenters. The molecule has 0 aliphatic carbocycles. The summed E-state index contributed by atoms with van der Waals surface area (Å²) in [5.74, 6) is -0.0402. The van der Waals surface area contributed by atoms with Crippen LogP contribution in [0.5, 0.6) is 0 Å². The number of carbonyl (C=O) groups is 1. The highest BCUT2D eigenvalue weighted by Crippen LogP contribution is 2.23. The summed E-state index contributed by atoms with van der Waals surface area (Å²) >= 11 is 0. The first kappa shape index (κ1) is 18.5. The van der Waals surface area contributed by atoms with Gasteiger partial charge < -0.3 is 14.4 Å². The molecule has 146 valence electrons. The Balaban J connectivity index is 1.45. The van der Waals surface area contributed by atoms with Crippen LogP contribution < -0.4 is 4.90 Å². The Morgan fingerprint density at radius 1 is 1.00 bits per heavy atom. The van der Waals surface area contributed by atoms with Crippen LogP contribution in [0.3, 0.4) is 0 Å². The Labute approximate surface area is 165 Å². The number of para-hydroxylation sites is 1. The van der Waals surface area contributed by atoms with Crippen molar-refractivity contribution in [3.63, 3.8) is 0 Å². The van der Waals surface area contributed by atoms with E-state index in [-0.39, 0.29) is 11.7 Å². The molecule has 0 bridgehead atoms. The van der Waals surface area contributed by atoms with Crippen molar-refractivity contribution in [1.82, 2.24) is 9.47 Å². The lowest BCUT2D eigenvalue weighted by molar-refractivity contribution is -0.130. The number of fused-ring (bicyclic) bond motifs is 1. The van der Waals surface area contributed by atoms with E-state index in [0.717, 1.165) is 43.9 Å². The SMILES string of the molecule is CCn1cc(CC(=O)N2CCCN(c3ccc(F)cc3)CC2)c2ccccc21. The van der Waals surface area contributed by atoms with Crippen molar-refractivity contribution in [2.75, 3.05) is 31.1 Å². The molecule has 4 rings (SSSR count). The molecule has 1 aromatic heterocycles. The molecule has 5 heteroatoms. The zero-order chi connectivity index (χ0) is 19.5. The van der Waals surface area contributed by atoms with E-state index in [4.69, 9.17) is 0 Å². The van der Waals surface area contributed by atoms with Gasteiger partial charge in [-0.1, -0.05) is 18.2 Å². The van der Waals surface area contributed by atoms with Crippen LogP contribution in [0.15, 0.2) is 54.7 Å². The van der Waals surface area contributed by atoms with E-state index in [1.54, 1.807) is 0 Å². The minimum atomic E-state index is -0.221. The number of aromatic nitrogens is 1. The summed E-state index contributed by atoms with van der Waals surface area (Å²) in [6, 6.07) is 14.9. The van der Waals surface area contributed by atoms with Crippen molar-refractivity contribution in [2.45, 2.75) is 26.3 Å². The molecule has 0 unspecified atom stereocenters. The molecule has 1 fully saturated rings. The third-order valence-corrected chi connectivity index (χ3v) is 5.59. The maximum absolute atomic E-state index is 13.2. The van der Waals surface area contributed by atoms with Gasteiger partial charge >= 0.3 is 0 Å². The van der Waals surface area contributed by atoms with Gasteiger partial charge in [-0.05, 0) is 49.2 Å². The molecule has 0 spiro atoms. The van der Waals surface area contributed by atoms with Crippen LogP contribution in [-0.2, 0) is 17.8 Å². The summed E-state index contributed by atoms with van der Waals surface area (Å²) in [5, 5.41) is 1.17. The lowest BCUT2D eigenvalue weighted by atomic mass is 10.1. The van der Waals surface area contributed by atoms with E-state index in [2.05, 4.69) is 34.7 Å². The summed E-state index contributed by atoms with van der Waals surface area (Å²) < 4.78 is 15.4. The molecule has 28 heavy (non-hydrogen) atoms. The number of benzene rings is 2. The van der Waals surface area contributed by atoms with Crippen LogP contribution in [0.25, 0.3) is 10.9 Å². The molecule has 1 saturated heterocycles. The first-order chi connectivity index (χ1) is 13.7. The smallest absolute Gasteiger partial charge is 0.227 e. The number of carbonyl (C=O) groups excluding carboxylic acids is 1. The molecular weight excluding hydrogens is 353 g/mol. The van der Waals surface area contributed by atoms with Gasteiger partial charge in [-0.25, -0.2) is 4.39 Å². The molecule has 0 radical (unpaired) electrons. The van der Waals surface area contributed by atoms with E-state index < -0.39 is 0 Å². The Morgan fingerprint density at radius 2 is 1.79 bits per heavy atom. The number of rotatable bonds is 4. The van der Waals surface area contributed by atoms with Crippen LogP contribution in [-0.4, -0.2) is 41.6 Å². The van der Waals surface area contributed by atoms with Crippen molar-refractivity contribution in [2.24, 2.45) is 0 Å². The molecule has 2 heterocycles. The maximum Gasteiger partial charge on any atom is 0.227 e. The Hall–Kier alpha value is -2.82. The van der Waals surface area contributed by atoms with Crippen LogP contribution >= 0.6 is 0 Å². The highest BCUT2D eigenvalue weighted by Gasteiger charge is 2.21. The summed E-state index contributed by atoms with van der Waals surface area (Å²) in [6.45, 7) is 6.13. The van der Waals surface area contributed by atoms with Crippen LogP contribution in [0, 0.1) is 5.82 Å². The van der Waals surface area contributed by atoms with Gasteiger partial charge in [0.25, 0.3) is 0 Å². The zero-order valence-electron chi connectivity index (χ0n) is 16.3. The van der Waals surface area contributed by atoms with Gasteiger partial charge in [0.2, 0.25) is 5.91 Å². The average molecular weight is 379 g/mol. The number of hydrogen-bond acceptors (Lipinski definition) is 2. The number of amides is 1. The van der Waals surface area contributed by atoms with Gasteiger partial charge in [0, 0.05) is 55.5 Å². The minimum absolute atomic E-state index is 0.181. The quantitative estimate of drug-likeness (QED) is 0.683. The molecule has 0 saturated carbocycles. The fraction of sp³-hybridized carbons (Fsp3) is 0.348. The van der Waals surface area contributed by atoms with Gasteiger partial charge in [0.15, 0.2) is 0 Å². The second-order valence-corrected chi connectivity index (χ2v) is 7.33. The second kappa shape index (κ2) is 8.05. The highest BCUT2D eigenvalue weighted by atomic mass is 19.1. The topological polar surface area (TPSA) is 28.5 Å². The van der Waals surface area contributed by atoms with E-state index >= 15 is 0 Å². The van der Waals surface area contributed by atoms with E-state index in [1.165, 1.54) is 23.0 Å². The molecule has 1 aliphatic rings. The lowest BCUT2D eigenvalue weighted by Crippen LogP contribution is -2.36. The third kappa shape index (κ3) is 3.75. The monoisotopic (exact) mass is 379 g/mol. The van der Waals surface area contributed by atoms with Gasteiger partial charge in [-0.15, -0.1) is 0 Å². The van der Waals surface area contributed by atoms with Crippen LogP contribution in [0.4, 0.5) is 10.1 Å². The Bertz CT molecular complexity index is 964. The van der Waals surface area contributed by atoms with Crippen molar-refractivity contribution < 1.29 is 9.18 Å². The van der Waals surface area contributed by atoms with Gasteiger partial charge in [-0.3, -0.25) is 4.79 Å². The average Bonchev–Trinajstić information content (AvgIpc) is 2.89. The predicted molar refractivity (Wildman–Crippen MR) is 111 cm³/mol. The first-order valence-electron chi connectivity index (χ1n) is 10.0. The summed E-state index contributed by atoms with van der Waals surface area (Å²) in [5.41, 5.74) is 3.30. The van der Waals surface area contributed by atoms with Crippen LogP contribution in [0.1, 0.15) is 18.9 Å². The summed E-state index contributed by atoms with van der Waals surface area (Å²) in [7, 11) is 0. The number of anilines is 1. The van der Waals surface area contributed by atoms with Crippen molar-refractivity contribution in [3.8, 4) is 0 Å². The lowest BCUT2D eigenvalue weighted by Gasteiger charge is -2.23. The molecule has 4 nitrogen and oxygen atoms in total. The van der Waals surface area contributed by atoms with Crippen molar-refractivity contribution >= 4 is 22.5 Å². The first-order valence-corrected chi connectivity index (χ1v) is 10.0. The Morgan fingerprint density at radius 3 is 2.57 bits per heavy atom. The van der Waals surface area contributed by atoms with Crippen molar-refractivity contribution in [3.05, 3.63) is 66.1 Å². The number of hydrogen-bond donors (Lipinski definition) is 0. The summed E-state index contributed by atoms with van der Waals surface area (Å²) in [4.78, 5) is 17.2. The Kier molecular flexibility index (Phi) is 5.33. The van der Waals surface area contributed by atoms with Gasteiger partial charge in [-0.2, -0.15) is 0 Å². The standard InChI is InChI=1S/C23H26FN3O/c1-2-25-17-18(21-6-3-4-7-22(21)25)16-23(28)27-13-5-12-26(14-15-27)20-10-8-19(24)9-11-20/h3-4,6-11,17H,2,5,12-16H2,1H3. The highest BCUT2D eigenvalue weighted by molar-refractivity contribution is 5.89. The molecular formula is C23H26FN3O. The predicted octanol–water partition coefficient (Wildman–Crippen LogP) is 4.08. The molecule has 2 aromatic carbocycles. The fourth-order valence-electron chi connectivity index (χ4n) is 4.08. The van der Waals surface area contributed by atoms with Gasteiger partial charge in [0.1, 0.15) is 5.82 Å². The minimum Gasteiger partial charge on any atom is -0.370 e. The third-order valence-electron chi connectivity index (χ3n) is 5.59. The molecule has 1 aliphatic heterocycles. The largest absolute Gasteiger partial charge is 0.370 e. The van der Waals surface area contributed by atoms with Crippen molar-refractivity contribution in [1.29, 1.82) is 0 Å². The van der Waals surface area contributed by atoms with E-state index in [1.807, 2.05) is 29.2 Å². The number of halogens is 1. The number of aryl methyl sites for hydroxylation is 1. The van der Waals surface area contributed by atoms with Crippen LogP contribution in [0.2, 0.25) is 0 Å². The van der Waals surface area contributed by atoms with E-state index in [0.29, 0.717) is 13.0 Å². The molecule has 3 aromatic rings. The van der Waals surface area contributed by atoms with E-state index in [9.17, 15) is 9.18 Å². The summed E-state index contributed by atoms with van der Waals surface area (Å²) in [6.07, 6.45) is 3.47. The molecule has 0 N–H and O–H groups in total. The fourth-order valence-corrected chi connectivity index (χ4v) is 4.08. The number of nitrogens with zero attached hydrogens (tertiary/aromatic N) is 3. The molecule has 1 amide bonds. The zero-order valence-corrected chi connectivity index (χ0v) is 16.3.